The molecule has 0 fully saturated rings. The molecule has 0 saturated carbocycles. The fraction of sp³-hybridized carbons (Fsp3) is 0.100. The van der Waals surface area contributed by atoms with E-state index in [4.69, 9.17) is 0 Å². The molecule has 6 rings (SSSR count). The smallest absolute Gasteiger partial charge is 0.0620 e. The minimum Gasteiger partial charge on any atom is -0.0620 e. The van der Waals surface area contributed by atoms with Crippen molar-refractivity contribution in [2.75, 3.05) is 0 Å². The number of hydrogen-bond donors (Lipinski definition) is 0. The van der Waals surface area contributed by atoms with Gasteiger partial charge in [-0.1, -0.05) is 109 Å². The highest BCUT2D eigenvalue weighted by Crippen LogP contribution is 2.70. The Morgan fingerprint density at radius 3 is 0.548 bits per heavy atom. The van der Waals surface area contributed by atoms with Crippen LogP contribution in [0.3, 0.4) is 0 Å². The summed E-state index contributed by atoms with van der Waals surface area (Å²) in [6.45, 7) is 5.10. The molecule has 0 radical (unpaired) electrons. The van der Waals surface area contributed by atoms with Gasteiger partial charge in [-0.15, -0.1) is 0 Å². The lowest BCUT2D eigenvalue weighted by molar-refractivity contribution is 0.901. The first-order chi connectivity index (χ1) is 20.7. The van der Waals surface area contributed by atoms with Crippen molar-refractivity contribution in [2.45, 2.75) is 25.2 Å². The molecule has 0 aliphatic rings. The number of rotatable bonds is 9. The first-order valence-electron chi connectivity index (χ1n) is 14.8. The molecule has 0 aromatic heterocycles. The summed E-state index contributed by atoms with van der Waals surface area (Å²) in [7, 11) is -4.26. The zero-order valence-electron chi connectivity index (χ0n) is 24.4. The Hall–Kier alpha value is -3.82. The third-order valence-electron chi connectivity index (χ3n) is 8.90. The molecule has 0 aliphatic heterocycles. The Balaban J connectivity index is 1.71. The van der Waals surface area contributed by atoms with Crippen LogP contribution in [-0.2, 0) is 0 Å². The van der Waals surface area contributed by atoms with Crippen LogP contribution in [0.4, 0.5) is 0 Å². The van der Waals surface area contributed by atoms with E-state index in [1.165, 1.54) is 31.8 Å². The first kappa shape index (κ1) is 28.3. The van der Waals surface area contributed by atoms with Crippen molar-refractivity contribution in [3.8, 4) is 0 Å². The van der Waals surface area contributed by atoms with Gasteiger partial charge in [0.15, 0.2) is 0 Å². The average molecular weight is 581 g/mol. The number of benzene rings is 6. The van der Waals surface area contributed by atoms with Crippen LogP contribution in [0.25, 0.3) is 0 Å². The van der Waals surface area contributed by atoms with Crippen molar-refractivity contribution in [2.24, 2.45) is 0 Å². The zero-order chi connectivity index (χ0) is 28.8. The molecular weight excluding hydrogens is 542 g/mol. The van der Waals surface area contributed by atoms with E-state index in [0.29, 0.717) is 11.3 Å². The molecule has 0 aliphatic carbocycles. The van der Waals surface area contributed by atoms with Gasteiger partial charge in [0.05, 0.1) is 0 Å². The molecule has 2 atom stereocenters. The van der Waals surface area contributed by atoms with Crippen LogP contribution in [-0.4, -0.2) is 11.3 Å². The van der Waals surface area contributed by atoms with Crippen molar-refractivity contribution in [1.29, 1.82) is 0 Å². The normalized spacial score (nSPS) is 13.3. The third-order valence-corrected chi connectivity index (χ3v) is 19.2. The zero-order valence-corrected chi connectivity index (χ0v) is 26.2. The summed E-state index contributed by atoms with van der Waals surface area (Å²) in [5.74, 6) is 0. The highest BCUT2D eigenvalue weighted by atomic mass is 31.2. The van der Waals surface area contributed by atoms with Crippen LogP contribution in [0.2, 0.25) is 0 Å². The second kappa shape index (κ2) is 12.6. The van der Waals surface area contributed by atoms with Gasteiger partial charge in [0.1, 0.15) is 57.7 Å². The van der Waals surface area contributed by atoms with Gasteiger partial charge in [0.2, 0.25) is 0 Å². The highest BCUT2D eigenvalue weighted by Gasteiger charge is 2.61. The van der Waals surface area contributed by atoms with Gasteiger partial charge in [-0.3, -0.25) is 0 Å². The fourth-order valence-corrected chi connectivity index (χ4v) is 17.9. The molecule has 0 saturated heterocycles. The molecule has 2 unspecified atom stereocenters. The SMILES string of the molecule is CC(C(C)[P+](c1ccccc1)(c1ccccc1)c1ccccc1)[P+](c1ccccc1)(c1ccccc1)c1ccccc1. The second-order valence-corrected chi connectivity index (χ2v) is 18.6. The molecule has 0 N–H and O–H groups in total. The van der Waals surface area contributed by atoms with Crippen LogP contribution in [0.5, 0.6) is 0 Å². The van der Waals surface area contributed by atoms with E-state index in [9.17, 15) is 0 Å². The fourth-order valence-electron chi connectivity index (χ4n) is 6.93. The summed E-state index contributed by atoms with van der Waals surface area (Å²) in [4.78, 5) is 0. The van der Waals surface area contributed by atoms with Crippen LogP contribution in [0.15, 0.2) is 182 Å². The Labute approximate surface area is 252 Å². The topological polar surface area (TPSA) is 0 Å². The van der Waals surface area contributed by atoms with Gasteiger partial charge in [-0.05, 0) is 86.6 Å². The average Bonchev–Trinajstić information content (AvgIpc) is 3.08. The second-order valence-electron chi connectivity index (χ2n) is 10.9. The molecule has 0 heterocycles. The van der Waals surface area contributed by atoms with Gasteiger partial charge in [-0.25, -0.2) is 0 Å². The van der Waals surface area contributed by atoms with E-state index >= 15 is 0 Å². The van der Waals surface area contributed by atoms with Crippen LogP contribution in [0.1, 0.15) is 13.8 Å². The highest BCUT2D eigenvalue weighted by molar-refractivity contribution is 7.99. The molecule has 206 valence electrons. The molecule has 42 heavy (non-hydrogen) atoms. The first-order valence-corrected chi connectivity index (χ1v) is 18.5. The molecule has 0 bridgehead atoms. The molecule has 0 nitrogen and oxygen atoms in total. The lowest BCUT2D eigenvalue weighted by Gasteiger charge is -2.41. The summed E-state index contributed by atoms with van der Waals surface area (Å²) in [5.41, 5.74) is 0.664. The van der Waals surface area contributed by atoms with E-state index < -0.39 is 14.5 Å². The van der Waals surface area contributed by atoms with E-state index in [-0.39, 0.29) is 0 Å². The predicted octanol–water partition coefficient (Wildman–Crippen LogP) is 7.75. The predicted molar refractivity (Wildman–Crippen MR) is 189 cm³/mol. The third kappa shape index (κ3) is 4.84. The van der Waals surface area contributed by atoms with Crippen molar-refractivity contribution in [1.82, 2.24) is 0 Å². The maximum atomic E-state index is 2.55. The van der Waals surface area contributed by atoms with E-state index in [0.717, 1.165) is 0 Å². The van der Waals surface area contributed by atoms with Crippen molar-refractivity contribution in [3.05, 3.63) is 182 Å². The quantitative estimate of drug-likeness (QED) is 0.153. The van der Waals surface area contributed by atoms with Gasteiger partial charge < -0.3 is 0 Å². The van der Waals surface area contributed by atoms with E-state index in [1.54, 1.807) is 0 Å². The van der Waals surface area contributed by atoms with Crippen LogP contribution < -0.4 is 31.8 Å². The standard InChI is InChI=1S/C40H38P2/c1-33(41(35-21-9-3-10-22-35,36-23-11-4-12-24-36)37-25-13-5-14-26-37)34(2)42(38-27-15-6-16-28-38,39-29-17-7-18-30-39)40-31-19-8-20-32-40/h3-34H,1-2H3/q+2. The largest absolute Gasteiger partial charge is 0.118 e. The molecule has 0 spiro atoms. The summed E-state index contributed by atoms with van der Waals surface area (Å²) < 4.78 is 0. The Bertz CT molecular complexity index is 1350. The van der Waals surface area contributed by atoms with Crippen LogP contribution >= 0.6 is 14.5 Å². The Morgan fingerprint density at radius 2 is 0.405 bits per heavy atom. The molecule has 6 aromatic carbocycles. The maximum Gasteiger partial charge on any atom is 0.118 e. The monoisotopic (exact) mass is 580 g/mol. The van der Waals surface area contributed by atoms with Gasteiger partial charge in [0, 0.05) is 0 Å². The minimum absolute atomic E-state index is 0.332. The number of hydrogen-bond acceptors (Lipinski definition) is 0. The maximum absolute atomic E-state index is 2.55. The van der Waals surface area contributed by atoms with Crippen molar-refractivity contribution < 1.29 is 0 Å². The molecular formula is C40H38P2+2. The minimum atomic E-state index is -2.13. The molecule has 2 heteroatoms. The van der Waals surface area contributed by atoms with Crippen LogP contribution in [0, 0.1) is 0 Å². The van der Waals surface area contributed by atoms with Crippen molar-refractivity contribution in [3.63, 3.8) is 0 Å². The van der Waals surface area contributed by atoms with Gasteiger partial charge in [-0.2, -0.15) is 0 Å². The summed E-state index contributed by atoms with van der Waals surface area (Å²) >= 11 is 0. The van der Waals surface area contributed by atoms with Gasteiger partial charge >= 0.3 is 0 Å². The summed E-state index contributed by atoms with van der Waals surface area (Å²) in [5, 5.41) is 8.63. The van der Waals surface area contributed by atoms with Crippen molar-refractivity contribution >= 4 is 46.4 Å². The summed E-state index contributed by atoms with van der Waals surface area (Å²) in [6, 6.07) is 68.1. The van der Waals surface area contributed by atoms with E-state index in [2.05, 4.69) is 196 Å². The molecule has 6 aromatic rings. The molecule has 0 amide bonds. The van der Waals surface area contributed by atoms with Gasteiger partial charge in [0.25, 0.3) is 0 Å². The Morgan fingerprint density at radius 1 is 0.262 bits per heavy atom. The lowest BCUT2D eigenvalue weighted by Crippen LogP contribution is -2.47. The lowest BCUT2D eigenvalue weighted by atomic mass is 10.3. The Kier molecular flexibility index (Phi) is 8.48. The van der Waals surface area contributed by atoms with E-state index in [1.807, 2.05) is 0 Å². The summed E-state index contributed by atoms with van der Waals surface area (Å²) in [6.07, 6.45) is 0.